The van der Waals surface area contributed by atoms with E-state index in [0.29, 0.717) is 11.4 Å². The smallest absolute Gasteiger partial charge is 0.243 e. The number of hydrogen-bond acceptors (Lipinski definition) is 3. The summed E-state index contributed by atoms with van der Waals surface area (Å²) in [6.45, 7) is 4.29. The van der Waals surface area contributed by atoms with Gasteiger partial charge in [0.1, 0.15) is 0 Å². The summed E-state index contributed by atoms with van der Waals surface area (Å²) in [7, 11) is -3.43. The zero-order valence-electron chi connectivity index (χ0n) is 12.0. The lowest BCUT2D eigenvalue weighted by Crippen LogP contribution is -2.51. The molecule has 6 heteroatoms. The minimum absolute atomic E-state index is 0. The lowest BCUT2D eigenvalue weighted by Gasteiger charge is -2.37. The molecule has 0 radical (unpaired) electrons. The first kappa shape index (κ1) is 17.4. The molecule has 0 amide bonds. The minimum Gasteiger partial charge on any atom is -0.326 e. The van der Waals surface area contributed by atoms with Crippen LogP contribution in [0.15, 0.2) is 29.2 Å². The summed E-state index contributed by atoms with van der Waals surface area (Å²) in [4.78, 5) is 0.405. The highest BCUT2D eigenvalue weighted by Crippen LogP contribution is 2.28. The summed E-state index contributed by atoms with van der Waals surface area (Å²) in [6, 6.07) is 6.91. The van der Waals surface area contributed by atoms with E-state index in [0.717, 1.165) is 24.8 Å². The highest BCUT2D eigenvalue weighted by atomic mass is 35.5. The molecule has 1 aromatic rings. The van der Waals surface area contributed by atoms with Crippen LogP contribution in [0.3, 0.4) is 0 Å². The Morgan fingerprint density at radius 3 is 2.55 bits per heavy atom. The Labute approximate surface area is 127 Å². The number of rotatable bonds is 3. The van der Waals surface area contributed by atoms with Gasteiger partial charge in [-0.2, -0.15) is 4.31 Å². The van der Waals surface area contributed by atoms with E-state index in [1.807, 2.05) is 26.0 Å². The molecule has 1 fully saturated rings. The Balaban J connectivity index is 0.00000200. The summed E-state index contributed by atoms with van der Waals surface area (Å²) in [5.41, 5.74) is 6.75. The molecule has 1 aliphatic heterocycles. The van der Waals surface area contributed by atoms with Gasteiger partial charge in [-0.3, -0.25) is 0 Å². The van der Waals surface area contributed by atoms with Gasteiger partial charge >= 0.3 is 0 Å². The van der Waals surface area contributed by atoms with Crippen LogP contribution in [0.5, 0.6) is 0 Å². The first-order chi connectivity index (χ1) is 8.94. The molecular formula is C14H23ClN2O2S. The van der Waals surface area contributed by atoms with Gasteiger partial charge in [-0.05, 0) is 38.3 Å². The molecule has 2 atom stereocenters. The van der Waals surface area contributed by atoms with Gasteiger partial charge < -0.3 is 5.73 Å². The third-order valence-electron chi connectivity index (χ3n) is 3.79. The summed E-state index contributed by atoms with van der Waals surface area (Å²) >= 11 is 0. The van der Waals surface area contributed by atoms with Crippen LogP contribution in [-0.4, -0.2) is 31.4 Å². The third-order valence-corrected chi connectivity index (χ3v) is 5.87. The summed E-state index contributed by atoms with van der Waals surface area (Å²) < 4.78 is 27.2. The molecule has 2 rings (SSSR count). The van der Waals surface area contributed by atoms with Crippen molar-refractivity contribution < 1.29 is 8.42 Å². The van der Waals surface area contributed by atoms with E-state index in [2.05, 4.69) is 0 Å². The highest BCUT2D eigenvalue weighted by Gasteiger charge is 2.35. The topological polar surface area (TPSA) is 63.4 Å². The highest BCUT2D eigenvalue weighted by molar-refractivity contribution is 7.89. The number of aryl methyl sites for hydroxylation is 1. The third kappa shape index (κ3) is 3.34. The molecule has 1 heterocycles. The van der Waals surface area contributed by atoms with E-state index in [4.69, 9.17) is 5.73 Å². The van der Waals surface area contributed by atoms with Crippen LogP contribution >= 0.6 is 12.4 Å². The number of hydrogen-bond donors (Lipinski definition) is 1. The molecule has 4 nitrogen and oxygen atoms in total. The van der Waals surface area contributed by atoms with Crippen molar-refractivity contribution in [2.24, 2.45) is 5.73 Å². The molecule has 0 spiro atoms. The van der Waals surface area contributed by atoms with E-state index >= 15 is 0 Å². The predicted octanol–water partition coefficient (Wildman–Crippen LogP) is 2.31. The predicted molar refractivity (Wildman–Crippen MR) is 83.6 cm³/mol. The van der Waals surface area contributed by atoms with Crippen LogP contribution in [0.1, 0.15) is 31.7 Å². The molecule has 0 saturated carbocycles. The molecule has 1 saturated heterocycles. The first-order valence-corrected chi connectivity index (χ1v) is 8.21. The van der Waals surface area contributed by atoms with Crippen LogP contribution < -0.4 is 5.73 Å². The van der Waals surface area contributed by atoms with Crippen molar-refractivity contribution in [3.63, 3.8) is 0 Å². The van der Waals surface area contributed by atoms with Crippen LogP contribution in [0.4, 0.5) is 0 Å². The molecule has 1 aromatic carbocycles. The lowest BCUT2D eigenvalue weighted by molar-refractivity contribution is 0.227. The molecule has 2 unspecified atom stereocenters. The molecule has 2 N–H and O–H groups in total. The second kappa shape index (κ2) is 6.89. The summed E-state index contributed by atoms with van der Waals surface area (Å²) in [5.74, 6) is 0. The Bertz CT molecular complexity index is 546. The number of halogens is 1. The lowest BCUT2D eigenvalue weighted by atomic mass is 10.00. The molecule has 0 aliphatic carbocycles. The zero-order valence-corrected chi connectivity index (χ0v) is 13.6. The van der Waals surface area contributed by atoms with E-state index in [1.54, 1.807) is 16.4 Å². The monoisotopic (exact) mass is 318 g/mol. The van der Waals surface area contributed by atoms with Gasteiger partial charge in [0.05, 0.1) is 4.90 Å². The standard InChI is InChI=1S/C14H22N2O2S.ClH/c1-11-7-3-4-9-14(11)19(17,18)16-10-6-5-8-13(16)12(2)15;/h3-4,7,9,12-13H,5-6,8,10,15H2,1-2H3;1H. The quantitative estimate of drug-likeness (QED) is 0.930. The second-order valence-corrected chi connectivity index (χ2v) is 7.16. The van der Waals surface area contributed by atoms with Crippen molar-refractivity contribution in [2.75, 3.05) is 6.54 Å². The van der Waals surface area contributed by atoms with E-state index < -0.39 is 10.0 Å². The van der Waals surface area contributed by atoms with Crippen molar-refractivity contribution in [3.05, 3.63) is 29.8 Å². The number of sulfonamides is 1. The Morgan fingerprint density at radius 1 is 1.30 bits per heavy atom. The molecule has 20 heavy (non-hydrogen) atoms. The summed E-state index contributed by atoms with van der Waals surface area (Å²) in [6.07, 6.45) is 2.81. The fourth-order valence-electron chi connectivity index (χ4n) is 2.73. The molecule has 0 bridgehead atoms. The van der Waals surface area contributed by atoms with E-state index in [1.165, 1.54) is 0 Å². The number of benzene rings is 1. The molecule has 0 aromatic heterocycles. The average Bonchev–Trinajstić information content (AvgIpc) is 2.39. The second-order valence-electron chi connectivity index (χ2n) is 5.30. The normalized spacial score (nSPS) is 22.1. The maximum Gasteiger partial charge on any atom is 0.243 e. The SMILES string of the molecule is Cc1ccccc1S(=O)(=O)N1CCCCC1C(C)N.Cl. The van der Waals surface area contributed by atoms with Gasteiger partial charge in [0.2, 0.25) is 10.0 Å². The van der Waals surface area contributed by atoms with Crippen LogP contribution in [0, 0.1) is 6.92 Å². The zero-order chi connectivity index (χ0) is 14.0. The Kier molecular flexibility index (Phi) is 6.01. The minimum atomic E-state index is -3.43. The Morgan fingerprint density at radius 2 is 1.95 bits per heavy atom. The van der Waals surface area contributed by atoms with Crippen molar-refractivity contribution in [2.45, 2.75) is 50.1 Å². The van der Waals surface area contributed by atoms with Gasteiger partial charge in [-0.25, -0.2) is 8.42 Å². The van der Waals surface area contributed by atoms with E-state index in [9.17, 15) is 8.42 Å². The molecule has 1 aliphatic rings. The van der Waals surface area contributed by atoms with Crippen molar-refractivity contribution in [1.29, 1.82) is 0 Å². The van der Waals surface area contributed by atoms with Crippen molar-refractivity contribution >= 4 is 22.4 Å². The van der Waals surface area contributed by atoms with Crippen LogP contribution in [0.25, 0.3) is 0 Å². The Hall–Kier alpha value is -0.620. The van der Waals surface area contributed by atoms with Gasteiger partial charge in [0.15, 0.2) is 0 Å². The largest absolute Gasteiger partial charge is 0.326 e. The van der Waals surface area contributed by atoms with Crippen LogP contribution in [-0.2, 0) is 10.0 Å². The molecular weight excluding hydrogens is 296 g/mol. The van der Waals surface area contributed by atoms with Gasteiger partial charge in [0.25, 0.3) is 0 Å². The average molecular weight is 319 g/mol. The van der Waals surface area contributed by atoms with Crippen LogP contribution in [0.2, 0.25) is 0 Å². The number of nitrogens with two attached hydrogens (primary N) is 1. The maximum atomic E-state index is 12.8. The number of piperidine rings is 1. The van der Waals surface area contributed by atoms with Crippen molar-refractivity contribution in [3.8, 4) is 0 Å². The van der Waals surface area contributed by atoms with Gasteiger partial charge in [0, 0.05) is 18.6 Å². The number of nitrogens with zero attached hydrogens (tertiary/aromatic N) is 1. The maximum absolute atomic E-state index is 12.8. The fourth-order valence-corrected chi connectivity index (χ4v) is 4.73. The van der Waals surface area contributed by atoms with Crippen molar-refractivity contribution in [1.82, 2.24) is 4.31 Å². The fraction of sp³-hybridized carbons (Fsp3) is 0.571. The van der Waals surface area contributed by atoms with E-state index in [-0.39, 0.29) is 24.5 Å². The molecule has 114 valence electrons. The van der Waals surface area contributed by atoms with Gasteiger partial charge in [-0.1, -0.05) is 24.6 Å². The van der Waals surface area contributed by atoms with Gasteiger partial charge in [-0.15, -0.1) is 12.4 Å². The first-order valence-electron chi connectivity index (χ1n) is 6.77. The summed E-state index contributed by atoms with van der Waals surface area (Å²) in [5, 5.41) is 0.